The Hall–Kier alpha value is -1.46. The number of hydrogen-bond donors (Lipinski definition) is 3. The van der Waals surface area contributed by atoms with Gasteiger partial charge in [0, 0.05) is 18.3 Å². The fourth-order valence-electron chi connectivity index (χ4n) is 3.98. The number of carboxylic acid groups (broad SMARTS) is 1. The first kappa shape index (κ1) is 21.8. The van der Waals surface area contributed by atoms with Gasteiger partial charge in [0.2, 0.25) is 0 Å². The summed E-state index contributed by atoms with van der Waals surface area (Å²) < 4.78 is 0. The molecular weight excluding hydrogens is 344 g/mol. The van der Waals surface area contributed by atoms with Crippen molar-refractivity contribution in [1.82, 2.24) is 0 Å². The molecule has 27 heavy (non-hydrogen) atoms. The molecule has 0 aliphatic heterocycles. The molecule has 0 aromatic rings. The van der Waals surface area contributed by atoms with Crippen LogP contribution < -0.4 is 0 Å². The first-order valence-electron chi connectivity index (χ1n) is 10.3. The number of unbranched alkanes of at least 4 members (excludes halogenated alkanes) is 1. The maximum absolute atomic E-state index is 12.2. The number of Topliss-reactive ketones (excluding diaryl/α,β-unsaturated/α-hetero) is 1. The molecule has 0 unspecified atom stereocenters. The molecule has 0 aromatic carbocycles. The van der Waals surface area contributed by atoms with Crippen molar-refractivity contribution in [3.63, 3.8) is 0 Å². The number of allylic oxidation sites excluding steroid dienone is 2. The molecule has 5 nitrogen and oxygen atoms in total. The molecule has 5 heteroatoms. The fraction of sp³-hybridized carbons (Fsp3) is 0.727. The minimum Gasteiger partial charge on any atom is -0.481 e. The smallest absolute Gasteiger partial charge is 0.306 e. The Morgan fingerprint density at radius 3 is 2.63 bits per heavy atom. The van der Waals surface area contributed by atoms with Crippen LogP contribution >= 0.6 is 0 Å². The van der Waals surface area contributed by atoms with Gasteiger partial charge in [0.05, 0.1) is 18.1 Å². The van der Waals surface area contributed by atoms with Crippen LogP contribution in [0.5, 0.6) is 0 Å². The SMILES string of the molecule is CCCC[C@@H](C)[C@H](O)/C=C/[C@H]1[C@H](O)CC(=O)[C@@H]1C/C=C\C[C@@H]1C[C@H]1C(=O)O. The normalized spacial score (nSPS) is 33.0. The third kappa shape index (κ3) is 6.28. The van der Waals surface area contributed by atoms with E-state index in [2.05, 4.69) is 6.92 Å². The largest absolute Gasteiger partial charge is 0.481 e. The van der Waals surface area contributed by atoms with Gasteiger partial charge in [0.25, 0.3) is 0 Å². The molecule has 2 aliphatic carbocycles. The summed E-state index contributed by atoms with van der Waals surface area (Å²) in [6.07, 6.45) is 11.5. The van der Waals surface area contributed by atoms with Gasteiger partial charge in [-0.3, -0.25) is 9.59 Å². The lowest BCUT2D eigenvalue weighted by Gasteiger charge is -2.19. The average molecular weight is 379 g/mol. The zero-order valence-electron chi connectivity index (χ0n) is 16.5. The molecule has 152 valence electrons. The number of ketones is 1. The standard InChI is InChI=1S/C22H34O5/c1-3-4-7-14(2)19(23)11-10-17-16(20(24)13-21(17)25)9-6-5-8-15-12-18(15)22(26)27/h5-6,10-11,14-19,21,23,25H,3-4,7-9,12-13H2,1-2H3,(H,26,27)/b6-5-,11-10+/t14-,15-,16-,17-,18-,19-,21-/m1/s1. The molecule has 0 heterocycles. The Morgan fingerprint density at radius 2 is 2.00 bits per heavy atom. The van der Waals surface area contributed by atoms with Crippen LogP contribution in [0.2, 0.25) is 0 Å². The van der Waals surface area contributed by atoms with Crippen LogP contribution in [0.25, 0.3) is 0 Å². The third-order valence-corrected chi connectivity index (χ3v) is 6.09. The summed E-state index contributed by atoms with van der Waals surface area (Å²) >= 11 is 0. The van der Waals surface area contributed by atoms with Crippen molar-refractivity contribution in [1.29, 1.82) is 0 Å². The molecular formula is C22H34O5. The number of aliphatic carboxylic acids is 1. The summed E-state index contributed by atoms with van der Waals surface area (Å²) in [7, 11) is 0. The molecule has 2 saturated carbocycles. The first-order valence-corrected chi connectivity index (χ1v) is 10.3. The lowest BCUT2D eigenvalue weighted by Crippen LogP contribution is -2.20. The van der Waals surface area contributed by atoms with Crippen molar-refractivity contribution in [2.45, 2.75) is 71.0 Å². The molecule has 0 radical (unpaired) electrons. The molecule has 0 aromatic heterocycles. The maximum Gasteiger partial charge on any atom is 0.306 e. The first-order chi connectivity index (χ1) is 12.8. The summed E-state index contributed by atoms with van der Waals surface area (Å²) in [6, 6.07) is 0. The lowest BCUT2D eigenvalue weighted by molar-refractivity contribution is -0.138. The van der Waals surface area contributed by atoms with E-state index in [0.29, 0.717) is 6.42 Å². The molecule has 3 N–H and O–H groups in total. The quantitative estimate of drug-likeness (QED) is 0.479. The highest BCUT2D eigenvalue weighted by Gasteiger charge is 2.42. The van der Waals surface area contributed by atoms with Crippen molar-refractivity contribution in [2.75, 3.05) is 0 Å². The van der Waals surface area contributed by atoms with E-state index in [1.165, 1.54) is 0 Å². The van der Waals surface area contributed by atoms with E-state index in [1.807, 2.05) is 25.2 Å². The van der Waals surface area contributed by atoms with Gasteiger partial charge in [-0.25, -0.2) is 0 Å². The van der Waals surface area contributed by atoms with E-state index in [4.69, 9.17) is 5.11 Å². The van der Waals surface area contributed by atoms with Crippen molar-refractivity contribution in [3.05, 3.63) is 24.3 Å². The molecule has 7 atom stereocenters. The minimum absolute atomic E-state index is 0.0603. The van der Waals surface area contributed by atoms with Crippen LogP contribution in [0.3, 0.4) is 0 Å². The van der Waals surface area contributed by atoms with Gasteiger partial charge in [0.1, 0.15) is 5.78 Å². The molecule has 0 spiro atoms. The fourth-order valence-corrected chi connectivity index (χ4v) is 3.98. The lowest BCUT2D eigenvalue weighted by atomic mass is 9.89. The number of carbonyl (C=O) groups is 2. The highest BCUT2D eigenvalue weighted by atomic mass is 16.4. The number of aliphatic hydroxyl groups excluding tert-OH is 2. The van der Waals surface area contributed by atoms with E-state index in [-0.39, 0.29) is 41.8 Å². The third-order valence-electron chi connectivity index (χ3n) is 6.09. The zero-order valence-corrected chi connectivity index (χ0v) is 16.5. The van der Waals surface area contributed by atoms with Gasteiger partial charge < -0.3 is 15.3 Å². The van der Waals surface area contributed by atoms with Gasteiger partial charge in [-0.1, -0.05) is 51.0 Å². The highest BCUT2D eigenvalue weighted by Crippen LogP contribution is 2.41. The molecule has 0 bridgehead atoms. The van der Waals surface area contributed by atoms with Gasteiger partial charge >= 0.3 is 5.97 Å². The molecule has 2 fully saturated rings. The molecule has 0 saturated heterocycles. The Balaban J connectivity index is 1.85. The number of carbonyl (C=O) groups excluding carboxylic acids is 1. The molecule has 2 aliphatic rings. The van der Waals surface area contributed by atoms with Crippen LogP contribution in [-0.4, -0.2) is 39.3 Å². The number of rotatable bonds is 11. The summed E-state index contributed by atoms with van der Waals surface area (Å²) in [5.41, 5.74) is 0. The van der Waals surface area contributed by atoms with Crippen LogP contribution in [-0.2, 0) is 9.59 Å². The van der Waals surface area contributed by atoms with E-state index in [9.17, 15) is 19.8 Å². The van der Waals surface area contributed by atoms with Crippen LogP contribution in [0.15, 0.2) is 24.3 Å². The van der Waals surface area contributed by atoms with Gasteiger partial charge in [-0.15, -0.1) is 0 Å². The maximum atomic E-state index is 12.2. The number of carboxylic acids is 1. The Labute approximate surface area is 162 Å². The Kier molecular flexibility index (Phi) is 8.24. The molecule has 2 rings (SSSR count). The monoisotopic (exact) mass is 378 g/mol. The highest BCUT2D eigenvalue weighted by molar-refractivity contribution is 5.84. The van der Waals surface area contributed by atoms with Gasteiger partial charge in [0.15, 0.2) is 0 Å². The van der Waals surface area contributed by atoms with Gasteiger partial charge in [-0.2, -0.15) is 0 Å². The predicted molar refractivity (Wildman–Crippen MR) is 104 cm³/mol. The van der Waals surface area contributed by atoms with Crippen molar-refractivity contribution < 1.29 is 24.9 Å². The van der Waals surface area contributed by atoms with Crippen molar-refractivity contribution >= 4 is 11.8 Å². The van der Waals surface area contributed by atoms with E-state index in [0.717, 1.165) is 32.1 Å². The van der Waals surface area contributed by atoms with Crippen molar-refractivity contribution in [3.8, 4) is 0 Å². The number of hydrogen-bond acceptors (Lipinski definition) is 4. The Morgan fingerprint density at radius 1 is 1.30 bits per heavy atom. The van der Waals surface area contributed by atoms with Crippen LogP contribution in [0, 0.1) is 29.6 Å². The van der Waals surface area contributed by atoms with E-state index < -0.39 is 18.2 Å². The average Bonchev–Trinajstić information content (AvgIpc) is 3.35. The van der Waals surface area contributed by atoms with Crippen LogP contribution in [0.1, 0.15) is 58.8 Å². The van der Waals surface area contributed by atoms with E-state index >= 15 is 0 Å². The summed E-state index contributed by atoms with van der Waals surface area (Å²) in [5, 5.41) is 29.4. The second-order valence-electron chi connectivity index (χ2n) is 8.30. The summed E-state index contributed by atoms with van der Waals surface area (Å²) in [6.45, 7) is 4.14. The second-order valence-corrected chi connectivity index (χ2v) is 8.30. The predicted octanol–water partition coefficient (Wildman–Crippen LogP) is 3.35. The summed E-state index contributed by atoms with van der Waals surface area (Å²) in [5.74, 6) is -1.02. The topological polar surface area (TPSA) is 94.8 Å². The summed E-state index contributed by atoms with van der Waals surface area (Å²) in [4.78, 5) is 23.1. The Bertz CT molecular complexity index is 567. The van der Waals surface area contributed by atoms with Gasteiger partial charge in [-0.05, 0) is 37.5 Å². The zero-order chi connectivity index (χ0) is 20.0. The van der Waals surface area contributed by atoms with Crippen LogP contribution in [0.4, 0.5) is 0 Å². The van der Waals surface area contributed by atoms with Crippen molar-refractivity contribution in [2.24, 2.45) is 29.6 Å². The molecule has 0 amide bonds. The van der Waals surface area contributed by atoms with E-state index in [1.54, 1.807) is 6.08 Å². The number of aliphatic hydroxyl groups is 2. The second kappa shape index (κ2) is 10.2. The minimum atomic E-state index is -0.723.